The molecule has 1 amide bonds. The molecule has 0 aliphatic rings. The summed E-state index contributed by atoms with van der Waals surface area (Å²) in [7, 11) is 0. The van der Waals surface area contributed by atoms with Crippen LogP contribution in [0.15, 0.2) is 63.8 Å². The highest BCUT2D eigenvalue weighted by atomic mass is 16.5. The maximum absolute atomic E-state index is 12.3. The Bertz CT molecular complexity index is 1180. The van der Waals surface area contributed by atoms with E-state index in [0.717, 1.165) is 5.56 Å². The van der Waals surface area contributed by atoms with E-state index in [9.17, 15) is 19.5 Å². The first-order valence-electron chi connectivity index (χ1n) is 9.86. The van der Waals surface area contributed by atoms with Crippen molar-refractivity contribution in [3.05, 3.63) is 81.7 Å². The van der Waals surface area contributed by atoms with Crippen molar-refractivity contribution in [2.45, 2.75) is 32.9 Å². The third kappa shape index (κ3) is 5.60. The smallest absolute Gasteiger partial charge is 0.336 e. The molecule has 7 nitrogen and oxygen atoms in total. The number of aryl methyl sites for hydroxylation is 1. The summed E-state index contributed by atoms with van der Waals surface area (Å²) >= 11 is 0. The van der Waals surface area contributed by atoms with Crippen LogP contribution < -0.4 is 10.9 Å². The van der Waals surface area contributed by atoms with Crippen LogP contribution in [0.25, 0.3) is 17.0 Å². The Balaban J connectivity index is 1.66. The van der Waals surface area contributed by atoms with Crippen molar-refractivity contribution in [3.8, 4) is 5.75 Å². The number of aromatic hydroxyl groups is 1. The number of phenols is 1. The predicted octanol–water partition coefficient (Wildman–Crippen LogP) is 3.32. The fraction of sp³-hybridized carbons (Fsp3) is 0.208. The average molecular weight is 421 g/mol. The van der Waals surface area contributed by atoms with Crippen LogP contribution in [0, 0.1) is 0 Å². The summed E-state index contributed by atoms with van der Waals surface area (Å²) < 4.78 is 10.4. The van der Waals surface area contributed by atoms with Gasteiger partial charge >= 0.3 is 11.6 Å². The summed E-state index contributed by atoms with van der Waals surface area (Å²) in [6.45, 7) is 3.23. The van der Waals surface area contributed by atoms with Crippen molar-refractivity contribution < 1.29 is 23.8 Å². The summed E-state index contributed by atoms with van der Waals surface area (Å²) in [6, 6.07) is 12.7. The molecule has 2 aromatic carbocycles. The number of fused-ring (bicyclic) bond motifs is 1. The summed E-state index contributed by atoms with van der Waals surface area (Å²) in [6.07, 6.45) is 3.57. The molecule has 0 bridgehead atoms. The molecule has 1 aromatic heterocycles. The van der Waals surface area contributed by atoms with Crippen LogP contribution in [0.5, 0.6) is 5.75 Å². The fourth-order valence-electron chi connectivity index (χ4n) is 3.04. The highest BCUT2D eigenvalue weighted by molar-refractivity contribution is 5.94. The Kier molecular flexibility index (Phi) is 6.87. The molecule has 2 N–H and O–H groups in total. The van der Waals surface area contributed by atoms with Crippen LogP contribution in [0.2, 0.25) is 0 Å². The lowest BCUT2D eigenvalue weighted by Crippen LogP contribution is -2.38. The Morgan fingerprint density at radius 1 is 1.16 bits per heavy atom. The van der Waals surface area contributed by atoms with Crippen LogP contribution in [-0.4, -0.2) is 23.0 Å². The third-order valence-corrected chi connectivity index (χ3v) is 4.72. The molecule has 3 aromatic rings. The Morgan fingerprint density at radius 2 is 1.90 bits per heavy atom. The first-order chi connectivity index (χ1) is 14.9. The van der Waals surface area contributed by atoms with E-state index in [1.807, 2.05) is 37.3 Å². The standard InChI is InChI=1S/C24H23NO6/c1-3-17-11-19-18(12-23(28)31-21(19)13-20(17)26)14-30-24(29)15(2)25-22(27)10-9-16-7-5-4-6-8-16/h4-13,15,26H,3,14H2,1-2H3,(H,25,27)/b10-9+/t15-/m0/s1. The molecule has 160 valence electrons. The van der Waals surface area contributed by atoms with Crippen molar-refractivity contribution >= 4 is 28.9 Å². The van der Waals surface area contributed by atoms with Gasteiger partial charge in [-0.3, -0.25) is 4.79 Å². The van der Waals surface area contributed by atoms with Gasteiger partial charge < -0.3 is 19.6 Å². The monoisotopic (exact) mass is 421 g/mol. The minimum Gasteiger partial charge on any atom is -0.508 e. The van der Waals surface area contributed by atoms with Gasteiger partial charge in [0.05, 0.1) is 0 Å². The van der Waals surface area contributed by atoms with Crippen molar-refractivity contribution in [2.75, 3.05) is 0 Å². The molecule has 0 fully saturated rings. The van der Waals surface area contributed by atoms with Gasteiger partial charge in [-0.2, -0.15) is 0 Å². The third-order valence-electron chi connectivity index (χ3n) is 4.72. The van der Waals surface area contributed by atoms with Gasteiger partial charge in [-0.25, -0.2) is 9.59 Å². The second-order valence-corrected chi connectivity index (χ2v) is 7.00. The number of carbonyl (C=O) groups is 2. The van der Waals surface area contributed by atoms with E-state index >= 15 is 0 Å². The maximum atomic E-state index is 12.3. The fourth-order valence-corrected chi connectivity index (χ4v) is 3.04. The molecule has 0 unspecified atom stereocenters. The summed E-state index contributed by atoms with van der Waals surface area (Å²) in [5.74, 6) is -1.04. The molecule has 0 radical (unpaired) electrons. The topological polar surface area (TPSA) is 106 Å². The number of amides is 1. The lowest BCUT2D eigenvalue weighted by Gasteiger charge is -2.13. The SMILES string of the molecule is CCc1cc2c(COC(=O)[C@H](C)NC(=O)/C=C/c3ccccc3)cc(=O)oc2cc1O. The largest absolute Gasteiger partial charge is 0.508 e. The normalized spacial score (nSPS) is 12.1. The van der Waals surface area contributed by atoms with Gasteiger partial charge in [0.1, 0.15) is 24.0 Å². The van der Waals surface area contributed by atoms with E-state index in [4.69, 9.17) is 9.15 Å². The predicted molar refractivity (Wildman–Crippen MR) is 116 cm³/mol. The molecular weight excluding hydrogens is 398 g/mol. The second kappa shape index (κ2) is 9.75. The van der Waals surface area contributed by atoms with Crippen LogP contribution >= 0.6 is 0 Å². The summed E-state index contributed by atoms with van der Waals surface area (Å²) in [4.78, 5) is 36.2. The Morgan fingerprint density at radius 3 is 2.61 bits per heavy atom. The number of benzene rings is 2. The van der Waals surface area contributed by atoms with Crippen LogP contribution in [0.1, 0.15) is 30.5 Å². The second-order valence-electron chi connectivity index (χ2n) is 7.00. The molecular formula is C24H23NO6. The molecule has 0 saturated carbocycles. The highest BCUT2D eigenvalue weighted by Gasteiger charge is 2.17. The van der Waals surface area contributed by atoms with Crippen molar-refractivity contribution in [1.29, 1.82) is 0 Å². The van der Waals surface area contributed by atoms with E-state index in [0.29, 0.717) is 22.9 Å². The lowest BCUT2D eigenvalue weighted by atomic mass is 10.0. The van der Waals surface area contributed by atoms with E-state index in [2.05, 4.69) is 5.32 Å². The zero-order chi connectivity index (χ0) is 22.4. The van der Waals surface area contributed by atoms with Gasteiger partial charge in [0, 0.05) is 29.2 Å². The summed E-state index contributed by atoms with van der Waals surface area (Å²) in [5.41, 5.74) is 1.59. The molecule has 7 heteroatoms. The Hall–Kier alpha value is -3.87. The molecule has 0 aliphatic carbocycles. The highest BCUT2D eigenvalue weighted by Crippen LogP contribution is 2.27. The first kappa shape index (κ1) is 21.8. The van der Waals surface area contributed by atoms with Gasteiger partial charge in [0.25, 0.3) is 0 Å². The molecule has 0 saturated heterocycles. The van der Waals surface area contributed by atoms with Gasteiger partial charge in [0.2, 0.25) is 5.91 Å². The van der Waals surface area contributed by atoms with Gasteiger partial charge in [-0.05, 0) is 36.6 Å². The van der Waals surface area contributed by atoms with Gasteiger partial charge in [-0.15, -0.1) is 0 Å². The van der Waals surface area contributed by atoms with Crippen molar-refractivity contribution in [1.82, 2.24) is 5.32 Å². The quantitative estimate of drug-likeness (QED) is 0.344. The zero-order valence-electron chi connectivity index (χ0n) is 17.3. The number of carbonyl (C=O) groups excluding carboxylic acids is 2. The number of ether oxygens (including phenoxy) is 1. The molecule has 1 atom stereocenters. The van der Waals surface area contributed by atoms with Crippen molar-refractivity contribution in [3.63, 3.8) is 0 Å². The maximum Gasteiger partial charge on any atom is 0.336 e. The molecule has 0 spiro atoms. The number of rotatable bonds is 7. The number of hydrogen-bond acceptors (Lipinski definition) is 6. The Labute approximate surface area is 179 Å². The number of phenolic OH excluding ortho intramolecular Hbond substituents is 1. The molecule has 1 heterocycles. The van der Waals surface area contributed by atoms with E-state index in [1.165, 1.54) is 25.1 Å². The van der Waals surface area contributed by atoms with E-state index in [-0.39, 0.29) is 17.9 Å². The van der Waals surface area contributed by atoms with E-state index < -0.39 is 23.5 Å². The average Bonchev–Trinajstić information content (AvgIpc) is 2.75. The van der Waals surface area contributed by atoms with Crippen molar-refractivity contribution in [2.24, 2.45) is 0 Å². The number of nitrogens with one attached hydrogen (secondary N) is 1. The number of hydrogen-bond donors (Lipinski definition) is 2. The summed E-state index contributed by atoms with van der Waals surface area (Å²) in [5, 5.41) is 13.1. The molecule has 3 rings (SSSR count). The minimum atomic E-state index is -0.880. The van der Waals surface area contributed by atoms with Crippen LogP contribution in [0.3, 0.4) is 0 Å². The van der Waals surface area contributed by atoms with E-state index in [1.54, 1.807) is 12.1 Å². The molecule has 0 aliphatic heterocycles. The van der Waals surface area contributed by atoms with Gasteiger partial charge in [0.15, 0.2) is 0 Å². The molecule has 31 heavy (non-hydrogen) atoms. The lowest BCUT2D eigenvalue weighted by molar-refractivity contribution is -0.148. The first-order valence-corrected chi connectivity index (χ1v) is 9.86. The number of esters is 1. The van der Waals surface area contributed by atoms with Crippen LogP contribution in [-0.2, 0) is 27.4 Å². The van der Waals surface area contributed by atoms with Crippen LogP contribution in [0.4, 0.5) is 0 Å². The minimum absolute atomic E-state index is 0.0344. The van der Waals surface area contributed by atoms with Gasteiger partial charge in [-0.1, -0.05) is 37.3 Å². The zero-order valence-corrected chi connectivity index (χ0v) is 17.3.